The molecule has 0 radical (unpaired) electrons. The maximum atomic E-state index is 10.1. The van der Waals surface area contributed by atoms with E-state index in [-0.39, 0.29) is 6.61 Å². The molecule has 3 N–H and O–H groups in total. The Bertz CT molecular complexity index is 599. The highest BCUT2D eigenvalue weighted by Gasteiger charge is 2.19. The van der Waals surface area contributed by atoms with Gasteiger partial charge in [-0.25, -0.2) is 0 Å². The summed E-state index contributed by atoms with van der Waals surface area (Å²) in [6.07, 6.45) is 0.566. The number of para-hydroxylation sites is 2. The van der Waals surface area contributed by atoms with Crippen LogP contribution in [-0.4, -0.2) is 35.8 Å². The summed E-state index contributed by atoms with van der Waals surface area (Å²) in [5.74, 6) is 0.635. The van der Waals surface area contributed by atoms with Crippen molar-refractivity contribution >= 4 is 17.0 Å². The van der Waals surface area contributed by atoms with Crippen molar-refractivity contribution in [3.8, 4) is 5.75 Å². The lowest BCUT2D eigenvalue weighted by molar-refractivity contribution is 0.0643. The van der Waals surface area contributed by atoms with Crippen molar-refractivity contribution in [1.29, 1.82) is 0 Å². The molecule has 0 amide bonds. The average Bonchev–Trinajstić information content (AvgIpc) is 2.94. The van der Waals surface area contributed by atoms with E-state index in [1.165, 1.54) is 10.4 Å². The number of benzene rings is 1. The summed E-state index contributed by atoms with van der Waals surface area (Å²) in [4.78, 5) is 3.76. The van der Waals surface area contributed by atoms with Crippen molar-refractivity contribution in [3.63, 3.8) is 0 Å². The second kappa shape index (κ2) is 6.47. The molecule has 21 heavy (non-hydrogen) atoms. The minimum absolute atomic E-state index is 0.265. The normalized spacial score (nSPS) is 16.4. The number of aliphatic hydroxyl groups excluding tert-OH is 1. The molecule has 0 spiro atoms. The molecule has 3 rings (SSSR count). The van der Waals surface area contributed by atoms with Gasteiger partial charge in [-0.05, 0) is 35.6 Å². The second-order valence-electron chi connectivity index (χ2n) is 5.36. The van der Waals surface area contributed by atoms with Crippen LogP contribution in [0.3, 0.4) is 0 Å². The maximum absolute atomic E-state index is 10.1. The van der Waals surface area contributed by atoms with Crippen LogP contribution < -0.4 is 10.5 Å². The highest BCUT2D eigenvalue weighted by Crippen LogP contribution is 2.24. The third-order valence-corrected chi connectivity index (χ3v) is 4.73. The number of hydrogen-bond donors (Lipinski definition) is 2. The molecule has 4 nitrogen and oxygen atoms in total. The van der Waals surface area contributed by atoms with Crippen molar-refractivity contribution in [3.05, 3.63) is 46.2 Å². The van der Waals surface area contributed by atoms with Gasteiger partial charge in [-0.15, -0.1) is 11.3 Å². The predicted octanol–water partition coefficient (Wildman–Crippen LogP) is 2.13. The topological polar surface area (TPSA) is 58.7 Å². The van der Waals surface area contributed by atoms with Gasteiger partial charge in [-0.1, -0.05) is 12.1 Å². The number of hydrogen-bond acceptors (Lipinski definition) is 5. The van der Waals surface area contributed by atoms with Gasteiger partial charge in [0.1, 0.15) is 18.5 Å². The second-order valence-corrected chi connectivity index (χ2v) is 6.36. The van der Waals surface area contributed by atoms with Gasteiger partial charge in [-0.3, -0.25) is 4.90 Å². The molecule has 0 bridgehead atoms. The molecule has 0 fully saturated rings. The van der Waals surface area contributed by atoms with Gasteiger partial charge in [0.05, 0.1) is 5.69 Å². The number of rotatable bonds is 5. The summed E-state index contributed by atoms with van der Waals surface area (Å²) < 4.78 is 5.59. The Labute approximate surface area is 128 Å². The third-order valence-electron chi connectivity index (χ3n) is 3.71. The lowest BCUT2D eigenvalue weighted by Crippen LogP contribution is -2.38. The number of anilines is 1. The Morgan fingerprint density at radius 3 is 3.05 bits per heavy atom. The van der Waals surface area contributed by atoms with E-state index in [0.29, 0.717) is 18.0 Å². The molecule has 1 unspecified atom stereocenters. The molecule has 0 saturated heterocycles. The molecule has 2 heterocycles. The third kappa shape index (κ3) is 3.56. The van der Waals surface area contributed by atoms with Gasteiger partial charge < -0.3 is 15.6 Å². The molecule has 1 atom stereocenters. The first-order chi connectivity index (χ1) is 10.2. The highest BCUT2D eigenvalue weighted by molar-refractivity contribution is 7.10. The van der Waals surface area contributed by atoms with Crippen molar-refractivity contribution in [2.45, 2.75) is 19.1 Å². The van der Waals surface area contributed by atoms with Crippen molar-refractivity contribution in [2.75, 3.05) is 25.4 Å². The first-order valence-electron chi connectivity index (χ1n) is 7.15. The number of nitrogens with two attached hydrogens (primary N) is 1. The fourth-order valence-corrected chi connectivity index (χ4v) is 3.50. The van der Waals surface area contributed by atoms with E-state index in [1.54, 1.807) is 6.07 Å². The molecule has 1 aromatic heterocycles. The summed E-state index contributed by atoms with van der Waals surface area (Å²) in [6, 6.07) is 9.54. The Morgan fingerprint density at radius 2 is 2.19 bits per heavy atom. The van der Waals surface area contributed by atoms with Gasteiger partial charge in [-0.2, -0.15) is 0 Å². The monoisotopic (exact) mass is 304 g/mol. The zero-order chi connectivity index (χ0) is 14.7. The Morgan fingerprint density at radius 1 is 1.33 bits per heavy atom. The van der Waals surface area contributed by atoms with Crippen LogP contribution in [0.1, 0.15) is 10.4 Å². The summed E-state index contributed by atoms with van der Waals surface area (Å²) >= 11 is 1.83. The minimum atomic E-state index is -0.509. The lowest BCUT2D eigenvalue weighted by atomic mass is 10.1. The van der Waals surface area contributed by atoms with E-state index in [9.17, 15) is 5.11 Å². The summed E-state index contributed by atoms with van der Waals surface area (Å²) in [6.45, 7) is 2.81. The van der Waals surface area contributed by atoms with Crippen LogP contribution >= 0.6 is 11.3 Å². The molecule has 2 aromatic rings. The summed E-state index contributed by atoms with van der Waals surface area (Å²) in [7, 11) is 0. The van der Waals surface area contributed by atoms with E-state index in [2.05, 4.69) is 16.3 Å². The molecule has 112 valence electrons. The minimum Gasteiger partial charge on any atom is -0.489 e. The summed E-state index contributed by atoms with van der Waals surface area (Å²) in [5.41, 5.74) is 7.81. The van der Waals surface area contributed by atoms with E-state index >= 15 is 0 Å². The van der Waals surface area contributed by atoms with Gasteiger partial charge in [0, 0.05) is 24.5 Å². The van der Waals surface area contributed by atoms with E-state index in [1.807, 2.05) is 29.5 Å². The van der Waals surface area contributed by atoms with Crippen molar-refractivity contribution < 1.29 is 9.84 Å². The maximum Gasteiger partial charge on any atom is 0.142 e. The van der Waals surface area contributed by atoms with Crippen LogP contribution in [0.5, 0.6) is 5.75 Å². The van der Waals surface area contributed by atoms with Crippen molar-refractivity contribution in [1.82, 2.24) is 4.90 Å². The highest BCUT2D eigenvalue weighted by atomic mass is 32.1. The van der Waals surface area contributed by atoms with Gasteiger partial charge in [0.15, 0.2) is 0 Å². The largest absolute Gasteiger partial charge is 0.489 e. The molecule has 1 aromatic carbocycles. The van der Waals surface area contributed by atoms with Crippen LogP contribution in [0, 0.1) is 0 Å². The van der Waals surface area contributed by atoms with E-state index in [0.717, 1.165) is 19.5 Å². The van der Waals surface area contributed by atoms with Crippen LogP contribution in [0.2, 0.25) is 0 Å². The number of nitrogens with zero attached hydrogens (tertiary/aromatic N) is 1. The van der Waals surface area contributed by atoms with Crippen LogP contribution in [0.25, 0.3) is 0 Å². The van der Waals surface area contributed by atoms with Crippen molar-refractivity contribution in [2.24, 2.45) is 0 Å². The number of nitrogen functional groups attached to an aromatic ring is 1. The van der Waals surface area contributed by atoms with Crippen LogP contribution in [0.15, 0.2) is 35.7 Å². The SMILES string of the molecule is Nc1ccccc1OCC(O)CN1CCc2sccc2C1. The first kappa shape index (κ1) is 14.4. The Hall–Kier alpha value is -1.56. The molecule has 1 aliphatic heterocycles. The molecule has 1 aliphatic rings. The average molecular weight is 304 g/mol. The van der Waals surface area contributed by atoms with Crippen LogP contribution in [-0.2, 0) is 13.0 Å². The van der Waals surface area contributed by atoms with E-state index in [4.69, 9.17) is 10.5 Å². The number of aliphatic hydroxyl groups is 1. The number of β-amino-alcohol motifs (C(OH)–C–C–N with tert-alkyl or cyclic N) is 1. The lowest BCUT2D eigenvalue weighted by Gasteiger charge is -2.28. The standard InChI is InChI=1S/C16H20N2O2S/c17-14-3-1-2-4-15(14)20-11-13(19)10-18-7-5-16-12(9-18)6-8-21-16/h1-4,6,8,13,19H,5,7,9-11,17H2. The number of ether oxygens (including phenoxy) is 1. The molecule has 0 aliphatic carbocycles. The van der Waals surface area contributed by atoms with Gasteiger partial charge in [0.2, 0.25) is 0 Å². The molecular formula is C16H20N2O2S. The Balaban J connectivity index is 1.49. The Kier molecular flexibility index (Phi) is 4.43. The smallest absolute Gasteiger partial charge is 0.142 e. The predicted molar refractivity (Wildman–Crippen MR) is 85.7 cm³/mol. The fraction of sp³-hybridized carbons (Fsp3) is 0.375. The molecule has 5 heteroatoms. The van der Waals surface area contributed by atoms with Gasteiger partial charge >= 0.3 is 0 Å². The molecule has 0 saturated carbocycles. The quantitative estimate of drug-likeness (QED) is 0.831. The first-order valence-corrected chi connectivity index (χ1v) is 8.03. The number of thiophene rings is 1. The summed E-state index contributed by atoms with van der Waals surface area (Å²) in [5, 5.41) is 12.3. The fourth-order valence-electron chi connectivity index (χ4n) is 2.61. The van der Waals surface area contributed by atoms with Crippen LogP contribution in [0.4, 0.5) is 5.69 Å². The number of fused-ring (bicyclic) bond motifs is 1. The zero-order valence-electron chi connectivity index (χ0n) is 11.9. The van der Waals surface area contributed by atoms with Gasteiger partial charge in [0.25, 0.3) is 0 Å². The molecular weight excluding hydrogens is 284 g/mol. The zero-order valence-corrected chi connectivity index (χ0v) is 12.7. The van der Waals surface area contributed by atoms with E-state index < -0.39 is 6.10 Å².